The van der Waals surface area contributed by atoms with Crippen molar-refractivity contribution in [2.75, 3.05) is 0 Å². The molecule has 0 aliphatic carbocycles. The molecule has 0 unspecified atom stereocenters. The van der Waals surface area contributed by atoms with Crippen LogP contribution < -0.4 is 5.43 Å². The molecule has 1 N–H and O–H groups in total. The van der Waals surface area contributed by atoms with Crippen LogP contribution in [-0.2, 0) is 5.33 Å². The van der Waals surface area contributed by atoms with Crippen molar-refractivity contribution >= 4 is 15.9 Å². The maximum atomic E-state index is 12.7. The molecule has 1 heterocycles. The van der Waals surface area contributed by atoms with Crippen LogP contribution in [-0.4, -0.2) is 4.98 Å². The van der Waals surface area contributed by atoms with Gasteiger partial charge in [0.15, 0.2) is 5.82 Å². The fourth-order valence-corrected chi connectivity index (χ4v) is 1.14. The molecule has 0 bridgehead atoms. The van der Waals surface area contributed by atoms with Gasteiger partial charge in [-0.2, -0.15) is 0 Å². The first-order chi connectivity index (χ1) is 6.06. The van der Waals surface area contributed by atoms with Crippen LogP contribution in [0.25, 0.3) is 0 Å². The van der Waals surface area contributed by atoms with Crippen molar-refractivity contribution in [3.05, 3.63) is 33.5 Å². The van der Waals surface area contributed by atoms with Crippen LogP contribution in [0.2, 0.25) is 0 Å². The number of hydrogen-bond donors (Lipinski definition) is 1. The average Bonchev–Trinajstić information content (AvgIpc) is 2.09. The number of H-pyrrole nitrogens is 1. The largest absolute Gasteiger partial charge is 0.354 e. The van der Waals surface area contributed by atoms with Gasteiger partial charge in [0.25, 0.3) is 6.43 Å². The van der Waals surface area contributed by atoms with Crippen molar-refractivity contribution in [3.63, 3.8) is 0 Å². The molecule has 0 radical (unpaired) electrons. The molecule has 0 spiro atoms. The summed E-state index contributed by atoms with van der Waals surface area (Å²) in [6.45, 7) is 0. The van der Waals surface area contributed by atoms with Gasteiger partial charge in [-0.1, -0.05) is 15.9 Å². The van der Waals surface area contributed by atoms with Gasteiger partial charge in [0.1, 0.15) is 5.69 Å². The Kier molecular flexibility index (Phi) is 3.13. The van der Waals surface area contributed by atoms with Crippen LogP contribution in [0.15, 0.2) is 10.9 Å². The van der Waals surface area contributed by atoms with Crippen LogP contribution >= 0.6 is 15.9 Å². The van der Waals surface area contributed by atoms with Gasteiger partial charge in [-0.15, -0.1) is 0 Å². The number of pyridine rings is 1. The Morgan fingerprint density at radius 2 is 2.15 bits per heavy atom. The molecule has 13 heavy (non-hydrogen) atoms. The molecule has 0 saturated heterocycles. The summed E-state index contributed by atoms with van der Waals surface area (Å²) in [4.78, 5) is 12.9. The van der Waals surface area contributed by atoms with E-state index in [4.69, 9.17) is 0 Å². The van der Waals surface area contributed by atoms with Crippen LogP contribution in [0, 0.1) is 5.82 Å². The van der Waals surface area contributed by atoms with E-state index in [1.165, 1.54) is 0 Å². The average molecular weight is 256 g/mol. The topological polar surface area (TPSA) is 32.9 Å². The molecule has 0 amide bonds. The standard InChI is InChI=1S/C7H5BrF3NO/c8-2-3-1-4(13)5(9)6(12-3)7(10)11/h1,7H,2H2,(H,12,13). The number of aromatic nitrogens is 1. The first-order valence-corrected chi connectivity index (χ1v) is 4.44. The quantitative estimate of drug-likeness (QED) is 0.809. The van der Waals surface area contributed by atoms with E-state index >= 15 is 0 Å². The number of hydrogen-bond acceptors (Lipinski definition) is 1. The summed E-state index contributed by atoms with van der Waals surface area (Å²) in [6.07, 6.45) is -3.01. The molecular weight excluding hydrogens is 251 g/mol. The van der Waals surface area contributed by atoms with Crippen LogP contribution in [0.5, 0.6) is 0 Å². The highest BCUT2D eigenvalue weighted by molar-refractivity contribution is 9.08. The third-order valence-corrected chi connectivity index (χ3v) is 2.02. The van der Waals surface area contributed by atoms with Crippen molar-refractivity contribution in [3.8, 4) is 0 Å². The molecular formula is C7H5BrF3NO. The fourth-order valence-electron chi connectivity index (χ4n) is 0.841. The molecule has 0 atom stereocenters. The zero-order chi connectivity index (χ0) is 10.0. The predicted molar refractivity (Wildman–Crippen MR) is 44.6 cm³/mol. The molecule has 1 rings (SSSR count). The first kappa shape index (κ1) is 10.3. The summed E-state index contributed by atoms with van der Waals surface area (Å²) in [6, 6.07) is 0.940. The summed E-state index contributed by atoms with van der Waals surface area (Å²) in [5, 5.41) is 0.197. The number of alkyl halides is 3. The number of rotatable bonds is 2. The van der Waals surface area contributed by atoms with Crippen molar-refractivity contribution in [1.29, 1.82) is 0 Å². The van der Waals surface area contributed by atoms with Crippen LogP contribution in [0.3, 0.4) is 0 Å². The highest BCUT2D eigenvalue weighted by atomic mass is 79.9. The third-order valence-electron chi connectivity index (χ3n) is 1.42. The molecule has 72 valence electrons. The number of nitrogens with one attached hydrogen (secondary N) is 1. The molecule has 0 saturated carbocycles. The van der Waals surface area contributed by atoms with Gasteiger partial charge in [0, 0.05) is 17.1 Å². The monoisotopic (exact) mass is 255 g/mol. The summed E-state index contributed by atoms with van der Waals surface area (Å²) in [5.74, 6) is -1.42. The van der Waals surface area contributed by atoms with E-state index in [1.807, 2.05) is 0 Å². The van der Waals surface area contributed by atoms with Crippen molar-refractivity contribution in [2.24, 2.45) is 0 Å². The van der Waals surface area contributed by atoms with E-state index in [0.717, 1.165) is 6.07 Å². The minimum Gasteiger partial charge on any atom is -0.354 e. The lowest BCUT2D eigenvalue weighted by Crippen LogP contribution is -2.13. The zero-order valence-corrected chi connectivity index (χ0v) is 7.87. The van der Waals surface area contributed by atoms with Crippen molar-refractivity contribution < 1.29 is 13.2 Å². The van der Waals surface area contributed by atoms with Gasteiger partial charge in [0.2, 0.25) is 5.43 Å². The fraction of sp³-hybridized carbons (Fsp3) is 0.286. The smallest absolute Gasteiger partial charge is 0.281 e. The van der Waals surface area contributed by atoms with Crippen molar-refractivity contribution in [1.82, 2.24) is 4.98 Å². The van der Waals surface area contributed by atoms with Crippen LogP contribution in [0.1, 0.15) is 17.8 Å². The second-order valence-electron chi connectivity index (χ2n) is 2.32. The number of halogens is 4. The summed E-state index contributed by atoms with van der Waals surface area (Å²) < 4.78 is 36.9. The lowest BCUT2D eigenvalue weighted by atomic mass is 10.3. The summed E-state index contributed by atoms with van der Waals surface area (Å²) in [7, 11) is 0. The van der Waals surface area contributed by atoms with Gasteiger partial charge < -0.3 is 4.98 Å². The molecule has 0 aliphatic heterocycles. The van der Waals surface area contributed by atoms with Gasteiger partial charge in [0.05, 0.1) is 0 Å². The van der Waals surface area contributed by atoms with Gasteiger partial charge in [-0.3, -0.25) is 4.79 Å². The van der Waals surface area contributed by atoms with E-state index < -0.39 is 23.4 Å². The second-order valence-corrected chi connectivity index (χ2v) is 2.88. The molecule has 0 aromatic carbocycles. The highest BCUT2D eigenvalue weighted by Gasteiger charge is 2.17. The van der Waals surface area contributed by atoms with E-state index in [1.54, 1.807) is 0 Å². The van der Waals surface area contributed by atoms with Crippen LogP contribution in [0.4, 0.5) is 13.2 Å². The van der Waals surface area contributed by atoms with E-state index in [0.29, 0.717) is 0 Å². The first-order valence-electron chi connectivity index (χ1n) is 3.32. The Morgan fingerprint density at radius 1 is 1.54 bits per heavy atom. The second kappa shape index (κ2) is 3.95. The third kappa shape index (κ3) is 2.12. The lowest BCUT2D eigenvalue weighted by molar-refractivity contribution is 0.140. The molecule has 0 aliphatic rings. The van der Waals surface area contributed by atoms with Gasteiger partial charge in [-0.05, 0) is 0 Å². The van der Waals surface area contributed by atoms with E-state index in [9.17, 15) is 18.0 Å². The molecule has 1 aromatic heterocycles. The minimum absolute atomic E-state index is 0.197. The maximum Gasteiger partial charge on any atom is 0.281 e. The van der Waals surface area contributed by atoms with Gasteiger partial charge >= 0.3 is 0 Å². The number of aromatic amines is 1. The van der Waals surface area contributed by atoms with E-state index in [2.05, 4.69) is 20.9 Å². The lowest BCUT2D eigenvalue weighted by Gasteiger charge is -2.03. The Bertz CT molecular complexity index is 363. The summed E-state index contributed by atoms with van der Waals surface area (Å²) in [5.41, 5.74) is -1.76. The Hall–Kier alpha value is -0.780. The SMILES string of the molecule is O=c1cc(CBr)[nH]c(C(F)F)c1F. The molecule has 6 heteroatoms. The normalized spacial score (nSPS) is 10.8. The predicted octanol–water partition coefficient (Wildman–Crippen LogP) is 2.35. The molecule has 1 aromatic rings. The molecule has 0 fully saturated rings. The van der Waals surface area contributed by atoms with Gasteiger partial charge in [-0.25, -0.2) is 13.2 Å². The highest BCUT2D eigenvalue weighted by Crippen LogP contribution is 2.18. The Morgan fingerprint density at radius 3 is 2.62 bits per heavy atom. The zero-order valence-electron chi connectivity index (χ0n) is 6.28. The molecule has 2 nitrogen and oxygen atoms in total. The summed E-state index contributed by atoms with van der Waals surface area (Å²) >= 11 is 2.96. The minimum atomic E-state index is -3.01. The Labute approximate surface area is 79.9 Å². The van der Waals surface area contributed by atoms with Crippen molar-refractivity contribution in [2.45, 2.75) is 11.8 Å². The maximum absolute atomic E-state index is 12.7. The Balaban J connectivity index is 3.33. The van der Waals surface area contributed by atoms with E-state index in [-0.39, 0.29) is 11.0 Å².